The van der Waals surface area contributed by atoms with E-state index in [1.54, 1.807) is 6.92 Å². The normalized spacial score (nSPS) is 16.8. The van der Waals surface area contributed by atoms with Crippen LogP contribution in [0.25, 0.3) is 0 Å². The average molecular weight is 453 g/mol. The van der Waals surface area contributed by atoms with Gasteiger partial charge in [-0.3, -0.25) is 12.5 Å². The first kappa shape index (κ1) is 26.7. The van der Waals surface area contributed by atoms with E-state index in [9.17, 15) is 25.3 Å². The van der Waals surface area contributed by atoms with Crippen molar-refractivity contribution in [3.05, 3.63) is 0 Å². The molecule has 3 atom stereocenters. The highest BCUT2D eigenvalue weighted by atomic mass is 32.2. The van der Waals surface area contributed by atoms with Gasteiger partial charge >= 0.3 is 0 Å². The molecule has 0 heterocycles. The van der Waals surface area contributed by atoms with Crippen molar-refractivity contribution in [3.63, 3.8) is 0 Å². The van der Waals surface area contributed by atoms with Crippen LogP contribution in [-0.2, 0) is 42.9 Å². The topological polar surface area (TPSA) is 130 Å². The minimum Gasteiger partial charge on any atom is -0.264 e. The Morgan fingerprint density at radius 3 is 1.48 bits per heavy atom. The van der Waals surface area contributed by atoms with Crippen molar-refractivity contribution in [2.45, 2.75) is 77.1 Å². The summed E-state index contributed by atoms with van der Waals surface area (Å²) in [5.41, 5.74) is 0. The highest BCUT2D eigenvalue weighted by molar-refractivity contribution is 7.86. The standard InChI is InChI=1S/C15H32O9S3/c1-6-8-9-10-11-12-14(23-26(4,18)19)15(24-27(5,20)21)13(7-2)22-25(3,16)17/h13-15H,6-12H2,1-5H3. The van der Waals surface area contributed by atoms with Crippen molar-refractivity contribution in [2.75, 3.05) is 18.8 Å². The minimum atomic E-state index is -4.02. The van der Waals surface area contributed by atoms with Crippen molar-refractivity contribution in [2.24, 2.45) is 0 Å². The summed E-state index contributed by atoms with van der Waals surface area (Å²) in [6.07, 6.45) is 3.26. The Morgan fingerprint density at radius 1 is 0.630 bits per heavy atom. The molecule has 0 bridgehead atoms. The molecule has 0 saturated heterocycles. The largest absolute Gasteiger partial charge is 0.264 e. The first-order valence-corrected chi connectivity index (χ1v) is 14.3. The fraction of sp³-hybridized carbons (Fsp3) is 1.00. The highest BCUT2D eigenvalue weighted by Gasteiger charge is 2.37. The summed E-state index contributed by atoms with van der Waals surface area (Å²) in [5.74, 6) is 0. The molecular formula is C15H32O9S3. The third kappa shape index (κ3) is 14.4. The van der Waals surface area contributed by atoms with Gasteiger partial charge in [-0.2, -0.15) is 25.3 Å². The van der Waals surface area contributed by atoms with E-state index in [0.717, 1.165) is 44.5 Å². The van der Waals surface area contributed by atoms with Gasteiger partial charge < -0.3 is 0 Å². The Kier molecular flexibility index (Phi) is 11.5. The van der Waals surface area contributed by atoms with Crippen LogP contribution in [0.3, 0.4) is 0 Å². The van der Waals surface area contributed by atoms with E-state index < -0.39 is 48.7 Å². The van der Waals surface area contributed by atoms with Gasteiger partial charge in [0.15, 0.2) is 0 Å². The lowest BCUT2D eigenvalue weighted by atomic mass is 10.00. The van der Waals surface area contributed by atoms with Gasteiger partial charge in [-0.1, -0.05) is 46.0 Å². The second-order valence-corrected chi connectivity index (χ2v) is 11.4. The molecule has 0 aromatic heterocycles. The van der Waals surface area contributed by atoms with Crippen molar-refractivity contribution in [1.29, 1.82) is 0 Å². The van der Waals surface area contributed by atoms with E-state index in [2.05, 4.69) is 6.92 Å². The van der Waals surface area contributed by atoms with E-state index in [1.807, 2.05) is 0 Å². The lowest BCUT2D eigenvalue weighted by Gasteiger charge is -2.30. The van der Waals surface area contributed by atoms with Crippen LogP contribution in [0.2, 0.25) is 0 Å². The second kappa shape index (κ2) is 11.7. The number of unbranched alkanes of at least 4 members (excludes halogenated alkanes) is 4. The molecule has 0 aliphatic carbocycles. The fourth-order valence-electron chi connectivity index (χ4n) is 2.59. The maximum absolute atomic E-state index is 11.7. The summed E-state index contributed by atoms with van der Waals surface area (Å²) in [5, 5.41) is 0. The molecule has 0 amide bonds. The maximum Gasteiger partial charge on any atom is 0.264 e. The average Bonchev–Trinajstić information content (AvgIpc) is 2.46. The van der Waals surface area contributed by atoms with Crippen LogP contribution in [0.5, 0.6) is 0 Å². The van der Waals surface area contributed by atoms with Gasteiger partial charge in [0.05, 0.1) is 18.8 Å². The van der Waals surface area contributed by atoms with Crippen LogP contribution in [-0.4, -0.2) is 62.3 Å². The van der Waals surface area contributed by atoms with Crippen LogP contribution in [0, 0.1) is 0 Å². The Labute approximate surface area is 164 Å². The van der Waals surface area contributed by atoms with Gasteiger partial charge in [0.25, 0.3) is 30.4 Å². The van der Waals surface area contributed by atoms with E-state index >= 15 is 0 Å². The Morgan fingerprint density at radius 2 is 1.07 bits per heavy atom. The van der Waals surface area contributed by atoms with Crippen LogP contribution in [0.1, 0.15) is 58.8 Å². The van der Waals surface area contributed by atoms with Crippen LogP contribution >= 0.6 is 0 Å². The van der Waals surface area contributed by atoms with Crippen molar-refractivity contribution in [3.8, 4) is 0 Å². The van der Waals surface area contributed by atoms with Gasteiger partial charge in [0, 0.05) is 0 Å². The monoisotopic (exact) mass is 452 g/mol. The smallest absolute Gasteiger partial charge is 0.264 e. The molecule has 164 valence electrons. The molecule has 27 heavy (non-hydrogen) atoms. The summed E-state index contributed by atoms with van der Waals surface area (Å²) >= 11 is 0. The van der Waals surface area contributed by atoms with Gasteiger partial charge in [-0.15, -0.1) is 0 Å². The first-order chi connectivity index (χ1) is 12.2. The molecule has 0 radical (unpaired) electrons. The molecule has 0 N–H and O–H groups in total. The van der Waals surface area contributed by atoms with Gasteiger partial charge in [-0.05, 0) is 12.8 Å². The first-order valence-electron chi connectivity index (χ1n) is 8.83. The van der Waals surface area contributed by atoms with Crippen LogP contribution in [0.4, 0.5) is 0 Å². The van der Waals surface area contributed by atoms with Gasteiger partial charge in [0.1, 0.15) is 18.3 Å². The second-order valence-electron chi connectivity index (χ2n) is 6.55. The van der Waals surface area contributed by atoms with Crippen LogP contribution < -0.4 is 0 Å². The molecular weight excluding hydrogens is 420 g/mol. The fourth-order valence-corrected chi connectivity index (χ4v) is 4.59. The van der Waals surface area contributed by atoms with Crippen molar-refractivity contribution >= 4 is 30.4 Å². The lowest BCUT2D eigenvalue weighted by molar-refractivity contribution is -0.0179. The van der Waals surface area contributed by atoms with Crippen LogP contribution in [0.15, 0.2) is 0 Å². The molecule has 0 saturated carbocycles. The summed E-state index contributed by atoms with van der Waals surface area (Å²) in [6, 6.07) is 0. The SMILES string of the molecule is CCCCCCCC(OS(C)(=O)=O)C(OS(C)(=O)=O)C(CC)OS(C)(=O)=O. The van der Waals surface area contributed by atoms with E-state index in [1.165, 1.54) is 0 Å². The van der Waals surface area contributed by atoms with E-state index in [4.69, 9.17) is 12.5 Å². The molecule has 0 aliphatic heterocycles. The molecule has 0 aromatic rings. The summed E-state index contributed by atoms with van der Waals surface area (Å²) in [7, 11) is -11.9. The molecule has 3 unspecified atom stereocenters. The molecule has 0 aliphatic rings. The van der Waals surface area contributed by atoms with Gasteiger partial charge in [-0.25, -0.2) is 0 Å². The summed E-state index contributed by atoms with van der Waals surface area (Å²) in [4.78, 5) is 0. The third-order valence-corrected chi connectivity index (χ3v) is 5.38. The zero-order chi connectivity index (χ0) is 21.3. The quantitative estimate of drug-likeness (QED) is 0.269. The molecule has 0 spiro atoms. The van der Waals surface area contributed by atoms with E-state index in [-0.39, 0.29) is 12.8 Å². The van der Waals surface area contributed by atoms with Gasteiger partial charge in [0.2, 0.25) is 0 Å². The predicted molar refractivity (Wildman–Crippen MR) is 103 cm³/mol. The van der Waals surface area contributed by atoms with E-state index in [0.29, 0.717) is 6.42 Å². The molecule has 9 nitrogen and oxygen atoms in total. The molecule has 0 fully saturated rings. The molecule has 0 aromatic carbocycles. The summed E-state index contributed by atoms with van der Waals surface area (Å²) in [6.45, 7) is 3.63. The summed E-state index contributed by atoms with van der Waals surface area (Å²) < 4.78 is 84.7. The number of hydrogen-bond donors (Lipinski definition) is 0. The molecule has 0 rings (SSSR count). The lowest BCUT2D eigenvalue weighted by Crippen LogP contribution is -2.45. The predicted octanol–water partition coefficient (Wildman–Crippen LogP) is 1.79. The zero-order valence-electron chi connectivity index (χ0n) is 16.6. The minimum absolute atomic E-state index is 0.0761. The number of rotatable bonds is 15. The maximum atomic E-state index is 11.7. The number of hydrogen-bond acceptors (Lipinski definition) is 9. The Balaban J connectivity index is 5.64. The molecule has 12 heteroatoms. The Hall–Kier alpha value is -0.270. The third-order valence-electron chi connectivity index (χ3n) is 3.61. The highest BCUT2D eigenvalue weighted by Crippen LogP contribution is 2.24. The Bertz CT molecular complexity index is 726. The van der Waals surface area contributed by atoms with Crippen molar-refractivity contribution in [1.82, 2.24) is 0 Å². The van der Waals surface area contributed by atoms with Crippen molar-refractivity contribution < 1.29 is 37.8 Å². The zero-order valence-corrected chi connectivity index (χ0v) is 19.0.